The van der Waals surface area contributed by atoms with Gasteiger partial charge in [0.25, 0.3) is 0 Å². The van der Waals surface area contributed by atoms with Crippen molar-refractivity contribution in [2.24, 2.45) is 0 Å². The first-order valence-corrected chi connectivity index (χ1v) is 1.02. The third-order valence-electron chi connectivity index (χ3n) is 0.156. The Hall–Kier alpha value is -0.364. The van der Waals surface area contributed by atoms with Crippen LogP contribution in [0.2, 0.25) is 0 Å². The van der Waals surface area contributed by atoms with Gasteiger partial charge in [0.1, 0.15) is 4.92 Å². The summed E-state index contributed by atoms with van der Waals surface area (Å²) in [6.45, 7) is 0. The van der Waals surface area contributed by atoms with Crippen LogP contribution in [0.4, 0.5) is 4.79 Å². The van der Waals surface area contributed by atoms with E-state index in [4.69, 9.17) is 20.0 Å². The molecule has 0 saturated heterocycles. The molecule has 0 aromatic carbocycles. The molecule has 0 rings (SSSR count). The summed E-state index contributed by atoms with van der Waals surface area (Å²) in [4.78, 5) is 16.5. The highest BCUT2D eigenvalue weighted by molar-refractivity contribution is 5.75. The first-order valence-electron chi connectivity index (χ1n) is 1.02. The molecule has 5 nitrogen and oxygen atoms in total. The maximum absolute atomic E-state index is 9.00. The molecule has 0 spiro atoms. The van der Waals surface area contributed by atoms with E-state index in [9.17, 15) is 0 Å². The van der Waals surface area contributed by atoms with Gasteiger partial charge in [0, 0.05) is 0 Å². The second-order valence-electron chi connectivity index (χ2n) is 0.540. The summed E-state index contributed by atoms with van der Waals surface area (Å²) in [6.07, 6.45) is -2.02. The molecular weight excluding hydrogens is 114 g/mol. The van der Waals surface area contributed by atoms with Crippen LogP contribution < -0.4 is 0 Å². The molecule has 0 aromatic heterocycles. The van der Waals surface area contributed by atoms with E-state index in [-0.39, 0.29) is 23.1 Å². The molecule has 0 heterocycles. The Bertz CT molecular complexity index is 77.7. The highest BCUT2D eigenvalue weighted by atomic mass is 24.3. The number of nitro groups is 1. The lowest BCUT2D eigenvalue weighted by Gasteiger charge is -1.70. The minimum atomic E-state index is -2.02. The van der Waals surface area contributed by atoms with Crippen LogP contribution in [0, 0.1) is 10.1 Å². The number of amides is 1. The summed E-state index contributed by atoms with van der Waals surface area (Å²) >= 11 is 0. The molecule has 38 valence electrons. The third-order valence-corrected chi connectivity index (χ3v) is 0.156. The van der Waals surface area contributed by atoms with Crippen LogP contribution in [0.25, 0.3) is 0 Å². The predicted octanol–water partition coefficient (Wildman–Crippen LogP) is -0.975. The highest BCUT2D eigenvalue weighted by Gasteiger charge is 2.07. The molecule has 0 radical (unpaired) electrons. The normalized spacial score (nSPS) is 6.29. The lowest BCUT2D eigenvalue weighted by Crippen LogP contribution is -2.05. The molecule has 0 aliphatic carbocycles. The second-order valence-corrected chi connectivity index (χ2v) is 0.540. The fourth-order valence-electron chi connectivity index (χ4n) is 0. The maximum atomic E-state index is 9.00. The molecule has 0 aliphatic rings. The Balaban J connectivity index is 0. The van der Waals surface area contributed by atoms with Gasteiger partial charge in [-0.15, -0.1) is 0 Å². The van der Waals surface area contributed by atoms with Gasteiger partial charge in [0.2, 0.25) is 0 Å². The van der Waals surface area contributed by atoms with E-state index in [1.165, 1.54) is 0 Å². The van der Waals surface area contributed by atoms with Gasteiger partial charge in [-0.3, -0.25) is 10.1 Å². The molecule has 0 fully saturated rings. The largest absolute Gasteiger partial charge is 0.654 e. The summed E-state index contributed by atoms with van der Waals surface area (Å²) in [5.74, 6) is 0. The van der Waals surface area contributed by atoms with E-state index in [0.717, 1.165) is 0 Å². The van der Waals surface area contributed by atoms with Gasteiger partial charge in [-0.2, -0.15) is 4.79 Å². The van der Waals surface area contributed by atoms with Gasteiger partial charge in [-0.1, -0.05) is 0 Å². The maximum Gasteiger partial charge on any atom is 0.654 e. The number of hydrogen-bond donors (Lipinski definition) is 1. The van der Waals surface area contributed by atoms with E-state index < -0.39 is 11.0 Å². The van der Waals surface area contributed by atoms with Crippen molar-refractivity contribution in [1.29, 1.82) is 0 Å². The van der Waals surface area contributed by atoms with Crippen molar-refractivity contribution in [3.05, 3.63) is 10.1 Å². The lowest BCUT2D eigenvalue weighted by molar-refractivity contribution is -0.392. The van der Waals surface area contributed by atoms with E-state index >= 15 is 0 Å². The fourth-order valence-corrected chi connectivity index (χ4v) is 0. The number of rotatable bonds is 0. The van der Waals surface area contributed by atoms with Gasteiger partial charge in [0.15, 0.2) is 0 Å². The van der Waals surface area contributed by atoms with Crippen LogP contribution in [0.3, 0.4) is 0 Å². The highest BCUT2D eigenvalue weighted by Crippen LogP contribution is 1.64. The molecule has 0 bridgehead atoms. The summed E-state index contributed by atoms with van der Waals surface area (Å²) in [7, 11) is 0. The van der Waals surface area contributed by atoms with E-state index in [0.29, 0.717) is 0 Å². The lowest BCUT2D eigenvalue weighted by atomic mass is 11.3. The molecule has 1 N–H and O–H groups in total. The molecule has 0 unspecified atom stereocenters. The van der Waals surface area contributed by atoms with Crippen LogP contribution >= 0.6 is 0 Å². The Kier molecular flexibility index (Phi) is 5.34. The zero-order valence-corrected chi connectivity index (χ0v) is 2.62. The zero-order chi connectivity index (χ0) is 5.15. The Morgan fingerprint density at radius 3 is 1.86 bits per heavy atom. The van der Waals surface area contributed by atoms with Crippen LogP contribution in [0.15, 0.2) is 0 Å². The predicted molar refractivity (Wildman–Crippen MR) is 23.6 cm³/mol. The van der Waals surface area contributed by atoms with Crippen LogP contribution in [0.1, 0.15) is 0 Å². The minimum Gasteiger partial charge on any atom is -0.423 e. The van der Waals surface area contributed by atoms with Crippen molar-refractivity contribution in [2.75, 3.05) is 0 Å². The Labute approximate surface area is 54.6 Å². The topological polar surface area (TPSA) is 80.4 Å². The second kappa shape index (κ2) is 3.81. The van der Waals surface area contributed by atoms with Gasteiger partial charge in [-0.25, -0.2) is 0 Å². The molecule has 7 heavy (non-hydrogen) atoms. The number of nitrogens with zero attached hydrogens (tertiary/aromatic N) is 1. The van der Waals surface area contributed by atoms with E-state index in [1.54, 1.807) is 0 Å². The summed E-state index contributed by atoms with van der Waals surface area (Å²) in [5, 5.41) is 16.2. The first kappa shape index (κ1) is 9.81. The van der Waals surface area contributed by atoms with E-state index in [2.05, 4.69) is 0 Å². The minimum absolute atomic E-state index is 0. The average molecular weight is 117 g/mol. The summed E-state index contributed by atoms with van der Waals surface area (Å²) in [6, 6.07) is 0. The molecule has 0 atom stereocenters. The summed E-state index contributed by atoms with van der Waals surface area (Å²) < 4.78 is 0. The monoisotopic (exact) mass is 117 g/mol. The third kappa shape index (κ3) is 5.64. The SMILES string of the molecule is O=C(O)[N+](=O)[O-].[MgH2]. The smallest absolute Gasteiger partial charge is 0.423 e. The molecule has 0 aliphatic heterocycles. The van der Waals surface area contributed by atoms with Crippen molar-refractivity contribution >= 4 is 29.1 Å². The van der Waals surface area contributed by atoms with Gasteiger partial charge >= 0.3 is 29.1 Å². The fraction of sp³-hybridized carbons (Fsp3) is 0. The molecule has 0 saturated carbocycles. The standard InChI is InChI=1S/CHNO4.Mg.2H/c3-1(4)2(5)6;;;/h(H,3,4);;;. The van der Waals surface area contributed by atoms with Crippen molar-refractivity contribution < 1.29 is 14.8 Å². The molecule has 0 aromatic rings. The van der Waals surface area contributed by atoms with E-state index in [1.807, 2.05) is 0 Å². The number of hydrogen-bond acceptors (Lipinski definition) is 3. The first-order chi connectivity index (χ1) is 2.64. The van der Waals surface area contributed by atoms with Gasteiger partial charge in [0.05, 0.1) is 0 Å². The van der Waals surface area contributed by atoms with Gasteiger partial charge in [-0.05, 0) is 0 Å². The number of carbonyl (C=O) groups is 1. The quantitative estimate of drug-likeness (QED) is 0.251. The zero-order valence-electron chi connectivity index (χ0n) is 2.62. The van der Waals surface area contributed by atoms with Crippen LogP contribution in [-0.2, 0) is 0 Å². The van der Waals surface area contributed by atoms with Crippen LogP contribution in [-0.4, -0.2) is 39.2 Å². The average Bonchev–Trinajstić information content (AvgIpc) is 1.36. The van der Waals surface area contributed by atoms with Crippen LogP contribution in [0.5, 0.6) is 0 Å². The molecular formula is CH3MgNO4. The number of carboxylic acid groups (broad SMARTS) is 1. The molecule has 6 heteroatoms. The van der Waals surface area contributed by atoms with Crippen molar-refractivity contribution in [3.8, 4) is 0 Å². The van der Waals surface area contributed by atoms with Crippen molar-refractivity contribution in [1.82, 2.24) is 0 Å². The summed E-state index contributed by atoms with van der Waals surface area (Å²) in [5.41, 5.74) is 0. The molecule has 1 amide bonds. The van der Waals surface area contributed by atoms with Crippen molar-refractivity contribution in [2.45, 2.75) is 0 Å². The Morgan fingerprint density at radius 1 is 1.71 bits per heavy atom. The Morgan fingerprint density at radius 2 is 1.86 bits per heavy atom. The van der Waals surface area contributed by atoms with Gasteiger partial charge < -0.3 is 5.11 Å². The van der Waals surface area contributed by atoms with Crippen molar-refractivity contribution in [3.63, 3.8) is 0 Å².